The van der Waals surface area contributed by atoms with Gasteiger partial charge in [-0.2, -0.15) is 5.10 Å². The van der Waals surface area contributed by atoms with Gasteiger partial charge in [-0.3, -0.25) is 14.3 Å². The minimum Gasteiger partial charge on any atom is -0.469 e. The number of methoxy groups -OCH3 is 1. The van der Waals surface area contributed by atoms with Crippen molar-refractivity contribution in [3.63, 3.8) is 0 Å². The molecule has 0 bridgehead atoms. The molecule has 0 N–H and O–H groups in total. The Kier molecular flexibility index (Phi) is 4.41. The first-order chi connectivity index (χ1) is 11.2. The second-order valence-corrected chi connectivity index (χ2v) is 5.62. The molecule has 2 heterocycles. The first-order valence-corrected chi connectivity index (χ1v) is 7.58. The summed E-state index contributed by atoms with van der Waals surface area (Å²) in [5.74, 6) is -0.746. The normalized spacial score (nSPS) is 18.9. The number of likely N-dealkylation sites (tertiary alicyclic amines) is 1. The molecule has 1 aliphatic heterocycles. The molecular weight excluding hydrogens is 294 g/mol. The van der Waals surface area contributed by atoms with Crippen LogP contribution in [0.3, 0.4) is 0 Å². The zero-order chi connectivity index (χ0) is 16.2. The van der Waals surface area contributed by atoms with E-state index in [4.69, 9.17) is 4.74 Å². The number of amides is 1. The maximum Gasteiger partial charge on any atom is 0.310 e. The molecule has 1 aliphatic rings. The van der Waals surface area contributed by atoms with Gasteiger partial charge in [0, 0.05) is 25.4 Å². The summed E-state index contributed by atoms with van der Waals surface area (Å²) in [4.78, 5) is 26.0. The van der Waals surface area contributed by atoms with E-state index in [9.17, 15) is 9.59 Å². The van der Waals surface area contributed by atoms with Crippen LogP contribution in [0.25, 0.3) is 0 Å². The van der Waals surface area contributed by atoms with E-state index in [1.54, 1.807) is 15.8 Å². The maximum absolute atomic E-state index is 12.4. The zero-order valence-electron chi connectivity index (χ0n) is 13.0. The fourth-order valence-electron chi connectivity index (χ4n) is 3.00. The van der Waals surface area contributed by atoms with Crippen molar-refractivity contribution in [2.24, 2.45) is 5.92 Å². The number of carbonyl (C=O) groups is 2. The van der Waals surface area contributed by atoms with Crippen molar-refractivity contribution >= 4 is 11.9 Å². The summed E-state index contributed by atoms with van der Waals surface area (Å²) in [5, 5.41) is 4.24. The highest BCUT2D eigenvalue weighted by Crippen LogP contribution is 2.30. The fraction of sp³-hybridized carbons (Fsp3) is 0.353. The Hall–Kier alpha value is -2.63. The molecule has 3 rings (SSSR count). The van der Waals surface area contributed by atoms with Gasteiger partial charge >= 0.3 is 5.97 Å². The highest BCUT2D eigenvalue weighted by Gasteiger charge is 2.39. The molecule has 6 heteroatoms. The lowest BCUT2D eigenvalue weighted by molar-refractivity contribution is -0.145. The van der Waals surface area contributed by atoms with Gasteiger partial charge < -0.3 is 9.64 Å². The van der Waals surface area contributed by atoms with Crippen LogP contribution in [0.4, 0.5) is 0 Å². The Labute approximate surface area is 134 Å². The smallest absolute Gasteiger partial charge is 0.310 e. The molecule has 0 saturated carbocycles. The number of esters is 1. The van der Waals surface area contributed by atoms with Crippen LogP contribution >= 0.6 is 0 Å². The molecule has 1 saturated heterocycles. The maximum atomic E-state index is 12.4. The van der Waals surface area contributed by atoms with Crippen molar-refractivity contribution in [2.45, 2.75) is 19.0 Å². The number of aromatic nitrogens is 2. The summed E-state index contributed by atoms with van der Waals surface area (Å²) in [6.07, 6.45) is 3.79. The summed E-state index contributed by atoms with van der Waals surface area (Å²) < 4.78 is 6.59. The molecule has 120 valence electrons. The number of benzene rings is 1. The summed E-state index contributed by atoms with van der Waals surface area (Å²) in [7, 11) is 1.36. The number of ether oxygens (including phenoxy) is 1. The monoisotopic (exact) mass is 313 g/mol. The van der Waals surface area contributed by atoms with Gasteiger partial charge in [-0.1, -0.05) is 30.3 Å². The van der Waals surface area contributed by atoms with Gasteiger partial charge in [0.05, 0.1) is 25.6 Å². The third-order valence-corrected chi connectivity index (χ3v) is 4.17. The molecule has 1 aromatic carbocycles. The van der Waals surface area contributed by atoms with Gasteiger partial charge in [0.1, 0.15) is 0 Å². The number of hydrogen-bond donors (Lipinski definition) is 0. The molecular formula is C17H19N3O3. The molecule has 2 unspecified atom stereocenters. The average Bonchev–Trinajstić information content (AvgIpc) is 3.22. The van der Waals surface area contributed by atoms with Crippen molar-refractivity contribution in [3.05, 3.63) is 54.4 Å². The molecule has 1 fully saturated rings. The molecule has 6 nitrogen and oxygen atoms in total. The first-order valence-electron chi connectivity index (χ1n) is 7.58. The van der Waals surface area contributed by atoms with Gasteiger partial charge in [-0.05, 0) is 11.6 Å². The number of nitrogens with zero attached hydrogens (tertiary/aromatic N) is 3. The number of carbonyl (C=O) groups excluding carboxylic acids is 2. The third kappa shape index (κ3) is 3.26. The Morgan fingerprint density at radius 3 is 2.78 bits per heavy atom. The van der Waals surface area contributed by atoms with E-state index in [1.165, 1.54) is 7.11 Å². The quantitative estimate of drug-likeness (QED) is 0.787. The first kappa shape index (κ1) is 15.3. The average molecular weight is 313 g/mol. The van der Waals surface area contributed by atoms with E-state index >= 15 is 0 Å². The largest absolute Gasteiger partial charge is 0.469 e. The van der Waals surface area contributed by atoms with Crippen molar-refractivity contribution in [2.75, 3.05) is 13.7 Å². The van der Waals surface area contributed by atoms with Crippen LogP contribution in [0.15, 0.2) is 48.8 Å². The molecule has 0 radical (unpaired) electrons. The SMILES string of the molecule is COC(=O)C1CC(=O)N(C(Cn2cccn2)c2ccccc2)C1. The van der Waals surface area contributed by atoms with E-state index < -0.39 is 5.92 Å². The van der Waals surface area contributed by atoms with Crippen molar-refractivity contribution < 1.29 is 14.3 Å². The minimum absolute atomic E-state index is 0.0265. The van der Waals surface area contributed by atoms with Crippen LogP contribution in [0.2, 0.25) is 0 Å². The lowest BCUT2D eigenvalue weighted by Crippen LogP contribution is -2.34. The van der Waals surface area contributed by atoms with E-state index in [0.29, 0.717) is 13.1 Å². The van der Waals surface area contributed by atoms with Gasteiger partial charge in [-0.25, -0.2) is 0 Å². The van der Waals surface area contributed by atoms with Crippen LogP contribution in [-0.2, 0) is 20.9 Å². The predicted molar refractivity (Wildman–Crippen MR) is 83.2 cm³/mol. The van der Waals surface area contributed by atoms with Crippen LogP contribution in [0.5, 0.6) is 0 Å². The fourth-order valence-corrected chi connectivity index (χ4v) is 3.00. The summed E-state index contributed by atoms with van der Waals surface area (Å²) in [6, 6.07) is 11.5. The summed E-state index contributed by atoms with van der Waals surface area (Å²) in [5.41, 5.74) is 1.03. The Bertz CT molecular complexity index is 670. The Morgan fingerprint density at radius 1 is 1.35 bits per heavy atom. The topological polar surface area (TPSA) is 64.4 Å². The molecule has 23 heavy (non-hydrogen) atoms. The zero-order valence-corrected chi connectivity index (χ0v) is 13.0. The van der Waals surface area contributed by atoms with Gasteiger partial charge in [-0.15, -0.1) is 0 Å². The van der Waals surface area contributed by atoms with Crippen molar-refractivity contribution in [3.8, 4) is 0 Å². The highest BCUT2D eigenvalue weighted by atomic mass is 16.5. The Morgan fingerprint density at radius 2 is 2.13 bits per heavy atom. The summed E-state index contributed by atoms with van der Waals surface area (Å²) >= 11 is 0. The Balaban J connectivity index is 1.86. The van der Waals surface area contributed by atoms with Gasteiger partial charge in [0.2, 0.25) is 5.91 Å². The predicted octanol–water partition coefficient (Wildman–Crippen LogP) is 1.65. The third-order valence-electron chi connectivity index (χ3n) is 4.17. The van der Waals surface area contributed by atoms with Crippen LogP contribution in [0.1, 0.15) is 18.0 Å². The number of hydrogen-bond acceptors (Lipinski definition) is 4. The minimum atomic E-state index is -0.392. The van der Waals surface area contributed by atoms with Crippen LogP contribution in [0, 0.1) is 5.92 Å². The van der Waals surface area contributed by atoms with Gasteiger partial charge in [0.25, 0.3) is 0 Å². The van der Waals surface area contributed by atoms with Gasteiger partial charge in [0.15, 0.2) is 0 Å². The highest BCUT2D eigenvalue weighted by molar-refractivity contribution is 5.87. The summed E-state index contributed by atoms with van der Waals surface area (Å²) in [6.45, 7) is 0.934. The van der Waals surface area contributed by atoms with E-state index in [0.717, 1.165) is 5.56 Å². The molecule has 0 aliphatic carbocycles. The molecule has 2 aromatic rings. The molecule has 0 spiro atoms. The lowest BCUT2D eigenvalue weighted by Gasteiger charge is -2.28. The molecule has 1 amide bonds. The standard InChI is InChI=1S/C17H19N3O3/c1-23-17(22)14-10-16(21)20(11-14)15(12-19-9-5-8-18-19)13-6-3-2-4-7-13/h2-9,14-15H,10-12H2,1H3. The number of rotatable bonds is 5. The lowest BCUT2D eigenvalue weighted by atomic mass is 10.1. The van der Waals surface area contributed by atoms with E-state index in [2.05, 4.69) is 5.10 Å². The van der Waals surface area contributed by atoms with Crippen molar-refractivity contribution in [1.29, 1.82) is 0 Å². The molecule has 2 atom stereocenters. The van der Waals surface area contributed by atoms with Crippen molar-refractivity contribution in [1.82, 2.24) is 14.7 Å². The second-order valence-electron chi connectivity index (χ2n) is 5.62. The van der Waals surface area contributed by atoms with Crippen LogP contribution < -0.4 is 0 Å². The van der Waals surface area contributed by atoms with Crippen LogP contribution in [-0.4, -0.2) is 40.2 Å². The molecule has 1 aromatic heterocycles. The van der Waals surface area contributed by atoms with E-state index in [1.807, 2.05) is 42.6 Å². The second kappa shape index (κ2) is 6.64. The van der Waals surface area contributed by atoms with E-state index in [-0.39, 0.29) is 24.3 Å².